The average Bonchev–Trinajstić information content (AvgIpc) is 3.66. The van der Waals surface area contributed by atoms with Crippen LogP contribution in [0.5, 0.6) is 11.8 Å². The number of H-pyrrole nitrogens is 1. The van der Waals surface area contributed by atoms with E-state index in [2.05, 4.69) is 32.2 Å². The Labute approximate surface area is 219 Å². The van der Waals surface area contributed by atoms with Gasteiger partial charge in [-0.15, -0.1) is 5.10 Å². The minimum absolute atomic E-state index is 0.0114. The smallest absolute Gasteiger partial charge is 0.240 e. The van der Waals surface area contributed by atoms with Crippen LogP contribution in [0.4, 0.5) is 0 Å². The molecule has 0 aromatic carbocycles. The van der Waals surface area contributed by atoms with Gasteiger partial charge in [-0.2, -0.15) is 10.2 Å². The van der Waals surface area contributed by atoms with E-state index in [9.17, 15) is 5.11 Å². The molecule has 2 N–H and O–H groups in total. The van der Waals surface area contributed by atoms with Gasteiger partial charge in [-0.05, 0) is 39.1 Å². The maximum absolute atomic E-state index is 10.2. The molecule has 6 rings (SSSR count). The van der Waals surface area contributed by atoms with Crippen LogP contribution < -0.4 is 9.47 Å². The summed E-state index contributed by atoms with van der Waals surface area (Å²) >= 11 is 0. The first-order valence-electron chi connectivity index (χ1n) is 12.8. The summed E-state index contributed by atoms with van der Waals surface area (Å²) in [5.74, 6) is 1.18. The first-order chi connectivity index (χ1) is 18.4. The number of aryl methyl sites for hydroxylation is 1. The van der Waals surface area contributed by atoms with Gasteiger partial charge in [0.1, 0.15) is 6.10 Å². The predicted molar refractivity (Wildman–Crippen MR) is 141 cm³/mol. The summed E-state index contributed by atoms with van der Waals surface area (Å²) in [6.07, 6.45) is 6.77. The number of ether oxygens (including phenoxy) is 3. The van der Waals surface area contributed by atoms with Crippen molar-refractivity contribution in [1.82, 2.24) is 39.6 Å². The maximum Gasteiger partial charge on any atom is 0.240 e. The lowest BCUT2D eigenvalue weighted by Crippen LogP contribution is -2.43. The SMILES string of the molecule is CCOc1nn(C[C@H](C)O)c2c1/C=C/c1[nH]nc3ncc(cc13)-c1cnn(C)c1O[C@@H]1COC[C@@H]1N(C)C2. The Bertz CT molecular complexity index is 1490. The van der Waals surface area contributed by atoms with Crippen LogP contribution in [0, 0.1) is 0 Å². The van der Waals surface area contributed by atoms with Crippen LogP contribution in [0.25, 0.3) is 34.3 Å². The van der Waals surface area contributed by atoms with Crippen molar-refractivity contribution in [3.63, 3.8) is 0 Å². The van der Waals surface area contributed by atoms with Gasteiger partial charge in [0, 0.05) is 30.7 Å². The number of nitrogens with one attached hydrogen (secondary N) is 1. The molecule has 200 valence electrons. The zero-order valence-electron chi connectivity index (χ0n) is 22.0. The van der Waals surface area contributed by atoms with Crippen molar-refractivity contribution in [2.24, 2.45) is 7.05 Å². The number of fused-ring (bicyclic) bond motifs is 5. The van der Waals surface area contributed by atoms with Crippen molar-refractivity contribution in [3.05, 3.63) is 35.4 Å². The summed E-state index contributed by atoms with van der Waals surface area (Å²) in [6, 6.07) is 2.04. The highest BCUT2D eigenvalue weighted by atomic mass is 16.6. The standard InChI is InChI=1S/C26H32N8O4/c1-5-37-25-17-6-7-20-18-8-16(9-27-24(18)30-29-20)19-10-28-33(4)26(19)38-23-14-36-13-22(23)32(3)12-21(17)34(31-25)11-15(2)35/h6-10,15,22-23,35H,5,11-14H2,1-4H3,(H,27,29,30)/b7-6+/t15-,22-,23+/m0/s1. The van der Waals surface area contributed by atoms with Crippen molar-refractivity contribution < 1.29 is 19.3 Å². The van der Waals surface area contributed by atoms with Crippen LogP contribution in [-0.4, -0.2) is 89.9 Å². The molecular weight excluding hydrogens is 488 g/mol. The molecule has 4 aromatic heterocycles. The number of aromatic nitrogens is 7. The number of likely N-dealkylation sites (N-methyl/N-ethyl adjacent to an activating group) is 1. The molecule has 2 aliphatic heterocycles. The lowest BCUT2D eigenvalue weighted by molar-refractivity contribution is 0.102. The third-order valence-electron chi connectivity index (χ3n) is 7.06. The number of rotatable bonds is 4. The fraction of sp³-hybridized carbons (Fsp3) is 0.462. The third kappa shape index (κ3) is 4.34. The molecule has 0 amide bonds. The van der Waals surface area contributed by atoms with Gasteiger partial charge >= 0.3 is 0 Å². The van der Waals surface area contributed by atoms with E-state index in [4.69, 9.17) is 19.3 Å². The van der Waals surface area contributed by atoms with Crippen LogP contribution in [0.2, 0.25) is 0 Å². The van der Waals surface area contributed by atoms with Gasteiger partial charge < -0.3 is 19.3 Å². The molecule has 0 aliphatic carbocycles. The van der Waals surface area contributed by atoms with Crippen molar-refractivity contribution in [1.29, 1.82) is 0 Å². The molecule has 6 heterocycles. The number of hydrogen-bond donors (Lipinski definition) is 2. The van der Waals surface area contributed by atoms with Crippen LogP contribution in [-0.2, 0) is 24.9 Å². The minimum Gasteiger partial charge on any atom is -0.476 e. The number of aliphatic hydroxyl groups excluding tert-OH is 1. The van der Waals surface area contributed by atoms with Crippen molar-refractivity contribution >= 4 is 23.2 Å². The highest BCUT2D eigenvalue weighted by molar-refractivity contribution is 5.90. The van der Waals surface area contributed by atoms with E-state index in [1.807, 2.05) is 36.9 Å². The molecule has 2 bridgehead atoms. The van der Waals surface area contributed by atoms with Crippen LogP contribution in [0.3, 0.4) is 0 Å². The van der Waals surface area contributed by atoms with Gasteiger partial charge in [0.05, 0.1) is 67.2 Å². The number of aromatic amines is 1. The largest absolute Gasteiger partial charge is 0.476 e. The van der Waals surface area contributed by atoms with E-state index in [0.717, 1.165) is 33.5 Å². The first-order valence-corrected chi connectivity index (χ1v) is 12.8. The number of pyridine rings is 1. The summed E-state index contributed by atoms with van der Waals surface area (Å²) in [5, 5.41) is 27.8. The molecule has 0 spiro atoms. The van der Waals surface area contributed by atoms with Crippen molar-refractivity contribution in [3.8, 4) is 22.9 Å². The fourth-order valence-electron chi connectivity index (χ4n) is 5.13. The first kappa shape index (κ1) is 24.6. The summed E-state index contributed by atoms with van der Waals surface area (Å²) in [7, 11) is 3.92. The van der Waals surface area contributed by atoms with Crippen molar-refractivity contribution in [2.45, 2.75) is 45.2 Å². The van der Waals surface area contributed by atoms with Crippen molar-refractivity contribution in [2.75, 3.05) is 26.9 Å². The summed E-state index contributed by atoms with van der Waals surface area (Å²) in [5.41, 5.74) is 4.95. The van der Waals surface area contributed by atoms with Gasteiger partial charge in [-0.25, -0.2) is 9.67 Å². The molecule has 1 saturated heterocycles. The molecule has 1 fully saturated rings. The Hall–Kier alpha value is -3.74. The lowest BCUT2D eigenvalue weighted by Gasteiger charge is -2.29. The highest BCUT2D eigenvalue weighted by Crippen LogP contribution is 2.34. The number of hydrogen-bond acceptors (Lipinski definition) is 9. The molecule has 0 saturated carbocycles. The van der Waals surface area contributed by atoms with E-state index in [-0.39, 0.29) is 12.1 Å². The molecule has 12 heteroatoms. The molecule has 3 atom stereocenters. The summed E-state index contributed by atoms with van der Waals surface area (Å²) in [4.78, 5) is 6.80. The van der Waals surface area contributed by atoms with E-state index in [0.29, 0.717) is 50.3 Å². The predicted octanol–water partition coefficient (Wildman–Crippen LogP) is 2.10. The topological polar surface area (TPSA) is 128 Å². The molecule has 4 aromatic rings. The van der Waals surface area contributed by atoms with Crippen LogP contribution in [0.15, 0.2) is 18.5 Å². The second-order valence-corrected chi connectivity index (χ2v) is 9.86. The quantitative estimate of drug-likeness (QED) is 0.416. The average molecular weight is 521 g/mol. The third-order valence-corrected chi connectivity index (χ3v) is 7.06. The molecule has 0 unspecified atom stereocenters. The Balaban J connectivity index is 1.54. The van der Waals surface area contributed by atoms with E-state index < -0.39 is 6.10 Å². The lowest BCUT2D eigenvalue weighted by atomic mass is 10.1. The summed E-state index contributed by atoms with van der Waals surface area (Å²) < 4.78 is 22.0. The van der Waals surface area contributed by atoms with Gasteiger partial charge in [-0.1, -0.05) is 0 Å². The Morgan fingerprint density at radius 2 is 2.11 bits per heavy atom. The monoisotopic (exact) mass is 520 g/mol. The Morgan fingerprint density at radius 3 is 2.92 bits per heavy atom. The molecular formula is C26H32N8O4. The number of aliphatic hydroxyl groups is 1. The second-order valence-electron chi connectivity index (χ2n) is 9.86. The molecule has 12 nitrogen and oxygen atoms in total. The molecule has 2 aliphatic rings. The zero-order valence-corrected chi connectivity index (χ0v) is 22.0. The molecule has 0 radical (unpaired) electrons. The van der Waals surface area contributed by atoms with Gasteiger partial charge in [0.2, 0.25) is 11.8 Å². The van der Waals surface area contributed by atoms with E-state index in [1.54, 1.807) is 24.0 Å². The van der Waals surface area contributed by atoms with Crippen LogP contribution in [0.1, 0.15) is 30.8 Å². The maximum atomic E-state index is 10.2. The van der Waals surface area contributed by atoms with E-state index >= 15 is 0 Å². The highest BCUT2D eigenvalue weighted by Gasteiger charge is 2.36. The number of nitrogens with zero attached hydrogens (tertiary/aromatic N) is 7. The normalized spacial score (nSPS) is 21.3. The Morgan fingerprint density at radius 1 is 1.24 bits per heavy atom. The van der Waals surface area contributed by atoms with Gasteiger partial charge in [0.15, 0.2) is 5.65 Å². The van der Waals surface area contributed by atoms with Gasteiger partial charge in [0.25, 0.3) is 0 Å². The second kappa shape index (κ2) is 9.86. The Kier molecular flexibility index (Phi) is 6.38. The zero-order chi connectivity index (χ0) is 26.4. The fourth-order valence-corrected chi connectivity index (χ4v) is 5.13. The van der Waals surface area contributed by atoms with Crippen LogP contribution >= 0.6 is 0 Å². The van der Waals surface area contributed by atoms with Gasteiger partial charge in [-0.3, -0.25) is 14.7 Å². The molecule has 38 heavy (non-hydrogen) atoms. The minimum atomic E-state index is -0.574. The van der Waals surface area contributed by atoms with E-state index in [1.165, 1.54) is 0 Å². The summed E-state index contributed by atoms with van der Waals surface area (Å²) in [6.45, 7) is 6.05.